The van der Waals surface area contributed by atoms with Crippen molar-refractivity contribution >= 4 is 30.7 Å². The number of ether oxygens (including phenoxy) is 1. The molecule has 5 nitrogen and oxygen atoms in total. The molecule has 2 aromatic rings. The summed E-state index contributed by atoms with van der Waals surface area (Å²) < 4.78 is 5.66. The molecule has 1 fully saturated rings. The van der Waals surface area contributed by atoms with Crippen LogP contribution in [0.25, 0.3) is 0 Å². The number of benzene rings is 1. The molecular formula is C17H21Cl2N3O2. The van der Waals surface area contributed by atoms with Gasteiger partial charge < -0.3 is 15.4 Å². The first kappa shape index (κ1) is 20.2. The van der Waals surface area contributed by atoms with Crippen molar-refractivity contribution in [1.29, 1.82) is 0 Å². The number of carbonyl (C=O) groups is 1. The average Bonchev–Trinajstić information content (AvgIpc) is 2.57. The summed E-state index contributed by atoms with van der Waals surface area (Å²) in [5.74, 6) is 1.33. The number of halogens is 2. The van der Waals surface area contributed by atoms with Gasteiger partial charge in [-0.05, 0) is 62.3 Å². The van der Waals surface area contributed by atoms with E-state index in [-0.39, 0.29) is 36.8 Å². The minimum absolute atomic E-state index is 0. The first-order valence-electron chi connectivity index (χ1n) is 7.51. The van der Waals surface area contributed by atoms with Crippen LogP contribution < -0.4 is 15.4 Å². The molecule has 24 heavy (non-hydrogen) atoms. The third-order valence-electron chi connectivity index (χ3n) is 3.66. The van der Waals surface area contributed by atoms with Crippen LogP contribution in [-0.2, 0) is 0 Å². The van der Waals surface area contributed by atoms with Gasteiger partial charge in [-0.25, -0.2) is 0 Å². The molecule has 0 atom stereocenters. The molecule has 3 rings (SSSR count). The second-order valence-electron chi connectivity index (χ2n) is 5.31. The first-order chi connectivity index (χ1) is 10.8. The minimum atomic E-state index is -0.0279. The SMILES string of the molecule is Cl.Cl.O=C(NC1CCNCC1)c1ccc(Oc2cccnc2)cc1. The van der Waals surface area contributed by atoms with Crippen LogP contribution in [0.15, 0.2) is 48.8 Å². The highest BCUT2D eigenvalue weighted by molar-refractivity contribution is 5.94. The predicted molar refractivity (Wildman–Crippen MR) is 98.6 cm³/mol. The zero-order valence-corrected chi connectivity index (χ0v) is 14.7. The van der Waals surface area contributed by atoms with E-state index in [2.05, 4.69) is 15.6 Å². The molecular weight excluding hydrogens is 349 g/mol. The number of hydrogen-bond donors (Lipinski definition) is 2. The van der Waals surface area contributed by atoms with Crippen LogP contribution in [-0.4, -0.2) is 30.0 Å². The second-order valence-corrected chi connectivity index (χ2v) is 5.31. The summed E-state index contributed by atoms with van der Waals surface area (Å²) in [6, 6.07) is 11.1. The smallest absolute Gasteiger partial charge is 0.251 e. The maximum absolute atomic E-state index is 12.2. The van der Waals surface area contributed by atoms with Crippen LogP contribution in [0, 0.1) is 0 Å². The largest absolute Gasteiger partial charge is 0.456 e. The lowest BCUT2D eigenvalue weighted by Gasteiger charge is -2.23. The van der Waals surface area contributed by atoms with Crippen molar-refractivity contribution < 1.29 is 9.53 Å². The monoisotopic (exact) mass is 369 g/mol. The zero-order valence-electron chi connectivity index (χ0n) is 13.1. The fourth-order valence-electron chi connectivity index (χ4n) is 2.45. The van der Waals surface area contributed by atoms with Gasteiger partial charge in [0.05, 0.1) is 6.20 Å². The molecule has 0 spiro atoms. The zero-order chi connectivity index (χ0) is 15.2. The summed E-state index contributed by atoms with van der Waals surface area (Å²) in [4.78, 5) is 16.2. The van der Waals surface area contributed by atoms with E-state index in [0.717, 1.165) is 25.9 Å². The van der Waals surface area contributed by atoms with Gasteiger partial charge >= 0.3 is 0 Å². The lowest BCUT2D eigenvalue weighted by molar-refractivity contribution is 0.0929. The number of carbonyl (C=O) groups excluding carboxylic acids is 1. The van der Waals surface area contributed by atoms with E-state index in [1.807, 2.05) is 12.1 Å². The Bertz CT molecular complexity index is 617. The van der Waals surface area contributed by atoms with Gasteiger partial charge in [-0.2, -0.15) is 0 Å². The van der Waals surface area contributed by atoms with Crippen molar-refractivity contribution in [2.24, 2.45) is 0 Å². The number of pyridine rings is 1. The molecule has 0 aliphatic carbocycles. The number of nitrogens with zero attached hydrogens (tertiary/aromatic N) is 1. The Labute approximate surface area is 154 Å². The van der Waals surface area contributed by atoms with E-state index in [4.69, 9.17) is 4.74 Å². The highest BCUT2D eigenvalue weighted by atomic mass is 35.5. The number of nitrogens with one attached hydrogen (secondary N) is 2. The molecule has 0 bridgehead atoms. The Hall–Kier alpha value is -1.82. The molecule has 0 unspecified atom stereocenters. The van der Waals surface area contributed by atoms with Crippen molar-refractivity contribution in [1.82, 2.24) is 15.6 Å². The summed E-state index contributed by atoms with van der Waals surface area (Å²) in [6.07, 6.45) is 5.31. The van der Waals surface area contributed by atoms with Crippen LogP contribution in [0.5, 0.6) is 11.5 Å². The molecule has 1 aromatic heterocycles. The Morgan fingerprint density at radius 3 is 2.42 bits per heavy atom. The second kappa shape index (κ2) is 10.1. The quantitative estimate of drug-likeness (QED) is 0.868. The molecule has 1 aliphatic heterocycles. The summed E-state index contributed by atoms with van der Waals surface area (Å²) >= 11 is 0. The Morgan fingerprint density at radius 1 is 1.08 bits per heavy atom. The van der Waals surface area contributed by atoms with Crippen molar-refractivity contribution in [2.75, 3.05) is 13.1 Å². The van der Waals surface area contributed by atoms with Gasteiger partial charge in [0, 0.05) is 17.8 Å². The molecule has 1 aromatic carbocycles. The Balaban J connectivity index is 0.00000144. The highest BCUT2D eigenvalue weighted by Crippen LogP contribution is 2.20. The van der Waals surface area contributed by atoms with E-state index >= 15 is 0 Å². The minimum Gasteiger partial charge on any atom is -0.456 e. The standard InChI is InChI=1S/C17H19N3O2.2ClH/c21-17(20-14-7-10-18-11-8-14)13-3-5-15(6-4-13)22-16-2-1-9-19-12-16;;/h1-6,9,12,14,18H,7-8,10-11H2,(H,20,21);2*1H. The molecule has 130 valence electrons. The van der Waals surface area contributed by atoms with E-state index in [9.17, 15) is 4.79 Å². The van der Waals surface area contributed by atoms with Gasteiger partial charge in [-0.1, -0.05) is 0 Å². The van der Waals surface area contributed by atoms with E-state index in [1.54, 1.807) is 36.7 Å². The topological polar surface area (TPSA) is 63.2 Å². The van der Waals surface area contributed by atoms with Gasteiger partial charge in [-0.3, -0.25) is 9.78 Å². The Morgan fingerprint density at radius 2 is 1.79 bits per heavy atom. The molecule has 1 saturated heterocycles. The third kappa shape index (κ3) is 5.67. The normalized spacial score (nSPS) is 14.0. The fourth-order valence-corrected chi connectivity index (χ4v) is 2.45. The molecule has 7 heteroatoms. The molecule has 0 saturated carbocycles. The van der Waals surface area contributed by atoms with Gasteiger partial charge in [0.15, 0.2) is 0 Å². The van der Waals surface area contributed by atoms with Crippen molar-refractivity contribution in [2.45, 2.75) is 18.9 Å². The van der Waals surface area contributed by atoms with Crippen molar-refractivity contribution in [3.63, 3.8) is 0 Å². The van der Waals surface area contributed by atoms with Crippen LogP contribution in [0.1, 0.15) is 23.2 Å². The van der Waals surface area contributed by atoms with E-state index in [1.165, 1.54) is 0 Å². The molecule has 2 heterocycles. The first-order valence-corrected chi connectivity index (χ1v) is 7.51. The maximum atomic E-state index is 12.2. The van der Waals surface area contributed by atoms with Gasteiger partial charge in [0.1, 0.15) is 11.5 Å². The van der Waals surface area contributed by atoms with Gasteiger partial charge in [-0.15, -0.1) is 24.8 Å². The molecule has 1 amide bonds. The predicted octanol–water partition coefficient (Wildman–Crippen LogP) is 3.20. The van der Waals surface area contributed by atoms with Crippen LogP contribution in [0.2, 0.25) is 0 Å². The maximum Gasteiger partial charge on any atom is 0.251 e. The van der Waals surface area contributed by atoms with Crippen molar-refractivity contribution in [3.05, 3.63) is 54.4 Å². The van der Waals surface area contributed by atoms with Crippen LogP contribution in [0.3, 0.4) is 0 Å². The van der Waals surface area contributed by atoms with Gasteiger partial charge in [0.2, 0.25) is 0 Å². The van der Waals surface area contributed by atoms with Crippen molar-refractivity contribution in [3.8, 4) is 11.5 Å². The number of rotatable bonds is 4. The molecule has 1 aliphatic rings. The molecule has 2 N–H and O–H groups in total. The van der Waals surface area contributed by atoms with E-state index in [0.29, 0.717) is 17.1 Å². The van der Waals surface area contributed by atoms with Crippen LogP contribution >= 0.6 is 24.8 Å². The lowest BCUT2D eigenvalue weighted by atomic mass is 10.1. The fraction of sp³-hybridized carbons (Fsp3) is 0.294. The summed E-state index contributed by atoms with van der Waals surface area (Å²) in [5, 5.41) is 6.36. The number of amides is 1. The highest BCUT2D eigenvalue weighted by Gasteiger charge is 2.16. The Kier molecular flexibility index (Phi) is 8.54. The number of piperidine rings is 1. The lowest BCUT2D eigenvalue weighted by Crippen LogP contribution is -2.42. The number of hydrogen-bond acceptors (Lipinski definition) is 4. The van der Waals surface area contributed by atoms with Crippen LogP contribution in [0.4, 0.5) is 0 Å². The number of aromatic nitrogens is 1. The molecule has 0 radical (unpaired) electrons. The summed E-state index contributed by atoms with van der Waals surface area (Å²) in [5.41, 5.74) is 0.650. The third-order valence-corrected chi connectivity index (χ3v) is 3.66. The van der Waals surface area contributed by atoms with Gasteiger partial charge in [0.25, 0.3) is 5.91 Å². The van der Waals surface area contributed by atoms with E-state index < -0.39 is 0 Å². The summed E-state index contributed by atoms with van der Waals surface area (Å²) in [6.45, 7) is 1.92. The summed E-state index contributed by atoms with van der Waals surface area (Å²) in [7, 11) is 0. The average molecular weight is 370 g/mol.